The lowest BCUT2D eigenvalue weighted by molar-refractivity contribution is 0.185. The van der Waals surface area contributed by atoms with Gasteiger partial charge in [-0.1, -0.05) is 6.92 Å². The molecular formula is C9H21NOS. The SMILES string of the molecule is COCCC(C)NCC(C)SC. The molecule has 0 saturated heterocycles. The fourth-order valence-electron chi connectivity index (χ4n) is 0.847. The highest BCUT2D eigenvalue weighted by Crippen LogP contribution is 2.03. The molecule has 3 heteroatoms. The van der Waals surface area contributed by atoms with Crippen LogP contribution in [0, 0.1) is 0 Å². The fourth-order valence-corrected chi connectivity index (χ4v) is 1.11. The Morgan fingerprint density at radius 2 is 2.08 bits per heavy atom. The first-order chi connectivity index (χ1) is 5.70. The van der Waals surface area contributed by atoms with Crippen molar-refractivity contribution in [3.63, 3.8) is 0 Å². The predicted octanol–water partition coefficient (Wildman–Crippen LogP) is 1.75. The minimum atomic E-state index is 0.569. The second-order valence-electron chi connectivity index (χ2n) is 3.14. The molecule has 1 N–H and O–H groups in total. The molecule has 12 heavy (non-hydrogen) atoms. The molecule has 0 spiro atoms. The molecule has 0 saturated carbocycles. The van der Waals surface area contributed by atoms with E-state index < -0.39 is 0 Å². The summed E-state index contributed by atoms with van der Waals surface area (Å²) in [6.07, 6.45) is 3.24. The quantitative estimate of drug-likeness (QED) is 0.662. The maximum atomic E-state index is 5.00. The highest BCUT2D eigenvalue weighted by molar-refractivity contribution is 7.99. The smallest absolute Gasteiger partial charge is 0.0476 e. The van der Waals surface area contributed by atoms with Crippen LogP contribution in [0.25, 0.3) is 0 Å². The van der Waals surface area contributed by atoms with Crippen LogP contribution in [0.3, 0.4) is 0 Å². The van der Waals surface area contributed by atoms with Crippen molar-refractivity contribution in [2.75, 3.05) is 26.5 Å². The largest absolute Gasteiger partial charge is 0.385 e. The third kappa shape index (κ3) is 6.95. The second kappa shape index (κ2) is 7.90. The van der Waals surface area contributed by atoms with Gasteiger partial charge in [0.25, 0.3) is 0 Å². The Kier molecular flexibility index (Phi) is 8.07. The zero-order valence-electron chi connectivity index (χ0n) is 8.59. The van der Waals surface area contributed by atoms with E-state index in [1.165, 1.54) is 0 Å². The summed E-state index contributed by atoms with van der Waals surface area (Å²) >= 11 is 1.90. The fraction of sp³-hybridized carbons (Fsp3) is 1.00. The standard InChI is InChI=1S/C9H21NOS/c1-8(5-6-11-3)10-7-9(2)12-4/h8-10H,5-7H2,1-4H3. The van der Waals surface area contributed by atoms with Crippen LogP contribution in [-0.2, 0) is 4.74 Å². The number of methoxy groups -OCH3 is 1. The first-order valence-corrected chi connectivity index (χ1v) is 5.74. The van der Waals surface area contributed by atoms with Crippen LogP contribution in [-0.4, -0.2) is 37.8 Å². The third-order valence-electron chi connectivity index (χ3n) is 1.91. The van der Waals surface area contributed by atoms with Crippen LogP contribution < -0.4 is 5.32 Å². The molecule has 0 rings (SSSR count). The van der Waals surface area contributed by atoms with E-state index in [2.05, 4.69) is 25.4 Å². The molecule has 0 bridgehead atoms. The molecule has 2 unspecified atom stereocenters. The Morgan fingerprint density at radius 1 is 1.42 bits per heavy atom. The van der Waals surface area contributed by atoms with Gasteiger partial charge in [-0.3, -0.25) is 0 Å². The summed E-state index contributed by atoms with van der Waals surface area (Å²) in [5.41, 5.74) is 0. The van der Waals surface area contributed by atoms with Crippen molar-refractivity contribution in [1.29, 1.82) is 0 Å². The van der Waals surface area contributed by atoms with Gasteiger partial charge in [-0.15, -0.1) is 0 Å². The monoisotopic (exact) mass is 191 g/mol. The van der Waals surface area contributed by atoms with Crippen molar-refractivity contribution in [2.45, 2.75) is 31.6 Å². The number of thioether (sulfide) groups is 1. The van der Waals surface area contributed by atoms with Crippen LogP contribution in [0.15, 0.2) is 0 Å². The molecule has 0 amide bonds. The Bertz CT molecular complexity index is 101. The second-order valence-corrected chi connectivity index (χ2v) is 4.41. The molecule has 0 aliphatic rings. The van der Waals surface area contributed by atoms with Crippen molar-refractivity contribution in [3.8, 4) is 0 Å². The van der Waals surface area contributed by atoms with Crippen molar-refractivity contribution in [2.24, 2.45) is 0 Å². The molecular weight excluding hydrogens is 170 g/mol. The van der Waals surface area contributed by atoms with Gasteiger partial charge in [-0.2, -0.15) is 11.8 Å². The Hall–Kier alpha value is 0.270. The maximum absolute atomic E-state index is 5.00. The van der Waals surface area contributed by atoms with E-state index >= 15 is 0 Å². The maximum Gasteiger partial charge on any atom is 0.0476 e. The molecule has 0 heterocycles. The first-order valence-electron chi connectivity index (χ1n) is 4.45. The first kappa shape index (κ1) is 12.3. The number of hydrogen-bond donors (Lipinski definition) is 1. The van der Waals surface area contributed by atoms with Gasteiger partial charge in [0.2, 0.25) is 0 Å². The summed E-state index contributed by atoms with van der Waals surface area (Å²) in [6.45, 7) is 6.38. The van der Waals surface area contributed by atoms with Crippen LogP contribution in [0.2, 0.25) is 0 Å². The van der Waals surface area contributed by atoms with E-state index in [-0.39, 0.29) is 0 Å². The molecule has 2 atom stereocenters. The lowest BCUT2D eigenvalue weighted by Gasteiger charge is -2.15. The van der Waals surface area contributed by atoms with Crippen molar-refractivity contribution < 1.29 is 4.74 Å². The van der Waals surface area contributed by atoms with Gasteiger partial charge >= 0.3 is 0 Å². The topological polar surface area (TPSA) is 21.3 Å². The average molecular weight is 191 g/mol. The molecule has 0 aliphatic carbocycles. The van der Waals surface area contributed by atoms with Gasteiger partial charge in [0, 0.05) is 31.6 Å². The van der Waals surface area contributed by atoms with Crippen LogP contribution in [0.1, 0.15) is 20.3 Å². The van der Waals surface area contributed by atoms with Crippen LogP contribution in [0.4, 0.5) is 0 Å². The minimum absolute atomic E-state index is 0.569. The van der Waals surface area contributed by atoms with Crippen molar-refractivity contribution in [3.05, 3.63) is 0 Å². The molecule has 2 nitrogen and oxygen atoms in total. The van der Waals surface area contributed by atoms with E-state index in [1.807, 2.05) is 11.8 Å². The number of nitrogens with one attached hydrogen (secondary N) is 1. The van der Waals surface area contributed by atoms with E-state index in [1.54, 1.807) is 7.11 Å². The normalized spacial score (nSPS) is 16.0. The molecule has 0 fully saturated rings. The average Bonchev–Trinajstić information content (AvgIpc) is 2.10. The van der Waals surface area contributed by atoms with Crippen molar-refractivity contribution in [1.82, 2.24) is 5.32 Å². The summed E-state index contributed by atoms with van der Waals surface area (Å²) in [5.74, 6) is 0. The lowest BCUT2D eigenvalue weighted by Crippen LogP contribution is -2.32. The number of rotatable bonds is 7. The molecule has 0 aromatic carbocycles. The molecule has 74 valence electrons. The summed E-state index contributed by atoms with van der Waals surface area (Å²) < 4.78 is 5.00. The summed E-state index contributed by atoms with van der Waals surface area (Å²) in [7, 11) is 1.75. The Balaban J connectivity index is 3.24. The van der Waals surface area contributed by atoms with Crippen LogP contribution in [0.5, 0.6) is 0 Å². The Morgan fingerprint density at radius 3 is 2.58 bits per heavy atom. The Labute approximate surface area is 80.4 Å². The summed E-state index contributed by atoms with van der Waals surface area (Å²) in [6, 6.07) is 0.569. The predicted molar refractivity (Wildman–Crippen MR) is 56.9 cm³/mol. The van der Waals surface area contributed by atoms with E-state index in [0.29, 0.717) is 11.3 Å². The van der Waals surface area contributed by atoms with Gasteiger partial charge in [0.1, 0.15) is 0 Å². The zero-order valence-corrected chi connectivity index (χ0v) is 9.41. The van der Waals surface area contributed by atoms with Gasteiger partial charge in [0.05, 0.1) is 0 Å². The van der Waals surface area contributed by atoms with Gasteiger partial charge in [-0.25, -0.2) is 0 Å². The summed E-state index contributed by atoms with van der Waals surface area (Å²) in [4.78, 5) is 0. The number of hydrogen-bond acceptors (Lipinski definition) is 3. The third-order valence-corrected chi connectivity index (χ3v) is 2.88. The molecule has 0 radical (unpaired) electrons. The van der Waals surface area contributed by atoms with Gasteiger partial charge < -0.3 is 10.1 Å². The van der Waals surface area contributed by atoms with Gasteiger partial charge in [0.15, 0.2) is 0 Å². The van der Waals surface area contributed by atoms with E-state index in [0.717, 1.165) is 19.6 Å². The van der Waals surface area contributed by atoms with Crippen LogP contribution >= 0.6 is 11.8 Å². The lowest BCUT2D eigenvalue weighted by atomic mass is 10.2. The van der Waals surface area contributed by atoms with E-state index in [9.17, 15) is 0 Å². The molecule has 0 aromatic rings. The zero-order chi connectivity index (χ0) is 9.40. The van der Waals surface area contributed by atoms with E-state index in [4.69, 9.17) is 4.74 Å². The van der Waals surface area contributed by atoms with Crippen molar-refractivity contribution >= 4 is 11.8 Å². The summed E-state index contributed by atoms with van der Waals surface area (Å²) in [5, 5.41) is 4.17. The molecule has 0 aliphatic heterocycles. The number of ether oxygens (including phenoxy) is 1. The highest BCUT2D eigenvalue weighted by Gasteiger charge is 2.03. The minimum Gasteiger partial charge on any atom is -0.385 e. The highest BCUT2D eigenvalue weighted by atomic mass is 32.2. The molecule has 0 aromatic heterocycles. The van der Waals surface area contributed by atoms with Gasteiger partial charge in [-0.05, 0) is 19.6 Å².